The second-order valence-corrected chi connectivity index (χ2v) is 3.96. The lowest BCUT2D eigenvalue weighted by atomic mass is 10.1. The summed E-state index contributed by atoms with van der Waals surface area (Å²) in [5.74, 6) is -0.352. The summed E-state index contributed by atoms with van der Waals surface area (Å²) in [7, 11) is 0. The molecule has 0 unspecified atom stereocenters. The number of carbonyl (C=O) groups excluding carboxylic acids is 1. The molecule has 0 heterocycles. The monoisotopic (exact) mass is 302 g/mol. The van der Waals surface area contributed by atoms with E-state index in [4.69, 9.17) is 4.74 Å². The minimum absolute atomic E-state index is 0.352. The average molecular weight is 302 g/mol. The number of esters is 1. The predicted molar refractivity (Wildman–Crippen MR) is 64.8 cm³/mol. The molecule has 1 rings (SSSR count). The van der Waals surface area contributed by atoms with Gasteiger partial charge in [0.2, 0.25) is 0 Å². The SMILES string of the molecule is C=C(C(=O)OCC)c1cccc(I)c1. The highest BCUT2D eigenvalue weighted by atomic mass is 127. The Morgan fingerprint density at radius 3 is 2.86 bits per heavy atom. The van der Waals surface area contributed by atoms with Crippen LogP contribution in [0.15, 0.2) is 30.8 Å². The van der Waals surface area contributed by atoms with Crippen LogP contribution in [0.4, 0.5) is 0 Å². The molecule has 3 heteroatoms. The topological polar surface area (TPSA) is 26.3 Å². The Morgan fingerprint density at radius 1 is 1.57 bits per heavy atom. The van der Waals surface area contributed by atoms with E-state index in [2.05, 4.69) is 29.2 Å². The van der Waals surface area contributed by atoms with Gasteiger partial charge in [0.1, 0.15) is 0 Å². The minimum atomic E-state index is -0.352. The number of rotatable bonds is 3. The van der Waals surface area contributed by atoms with E-state index in [-0.39, 0.29) is 5.97 Å². The molecule has 0 aliphatic rings. The van der Waals surface area contributed by atoms with Gasteiger partial charge in [-0.15, -0.1) is 0 Å². The van der Waals surface area contributed by atoms with Gasteiger partial charge in [-0.3, -0.25) is 0 Å². The van der Waals surface area contributed by atoms with E-state index in [1.807, 2.05) is 24.3 Å². The zero-order valence-electron chi connectivity index (χ0n) is 7.92. The first-order valence-electron chi connectivity index (χ1n) is 4.27. The van der Waals surface area contributed by atoms with Crippen molar-refractivity contribution in [3.63, 3.8) is 0 Å². The lowest BCUT2D eigenvalue weighted by Gasteiger charge is -2.05. The van der Waals surface area contributed by atoms with Gasteiger partial charge < -0.3 is 4.74 Å². The Bertz CT molecular complexity index is 358. The van der Waals surface area contributed by atoms with E-state index in [1.165, 1.54) is 0 Å². The van der Waals surface area contributed by atoms with Crippen molar-refractivity contribution in [1.29, 1.82) is 0 Å². The van der Waals surface area contributed by atoms with E-state index in [0.717, 1.165) is 9.13 Å². The highest BCUT2D eigenvalue weighted by Crippen LogP contribution is 2.16. The molecule has 0 aliphatic heterocycles. The maximum atomic E-state index is 11.3. The molecule has 0 amide bonds. The van der Waals surface area contributed by atoms with Gasteiger partial charge in [0.05, 0.1) is 12.2 Å². The van der Waals surface area contributed by atoms with Crippen LogP contribution in [-0.2, 0) is 9.53 Å². The quantitative estimate of drug-likeness (QED) is 0.487. The fourth-order valence-electron chi connectivity index (χ4n) is 1.01. The summed E-state index contributed by atoms with van der Waals surface area (Å²) in [4.78, 5) is 11.3. The molecule has 0 aliphatic carbocycles. The molecule has 0 fully saturated rings. The maximum Gasteiger partial charge on any atom is 0.338 e. The number of halogens is 1. The van der Waals surface area contributed by atoms with Crippen LogP contribution in [0.5, 0.6) is 0 Å². The third-order valence-corrected chi connectivity index (χ3v) is 2.37. The van der Waals surface area contributed by atoms with Gasteiger partial charge in [0.15, 0.2) is 0 Å². The van der Waals surface area contributed by atoms with Crippen LogP contribution < -0.4 is 0 Å². The van der Waals surface area contributed by atoms with Gasteiger partial charge in [-0.2, -0.15) is 0 Å². The lowest BCUT2D eigenvalue weighted by molar-refractivity contribution is -0.136. The number of carbonyl (C=O) groups is 1. The first-order valence-corrected chi connectivity index (χ1v) is 5.35. The third kappa shape index (κ3) is 2.83. The molecule has 0 radical (unpaired) electrons. The summed E-state index contributed by atoms with van der Waals surface area (Å²) in [6.45, 7) is 5.86. The maximum absolute atomic E-state index is 11.3. The summed E-state index contributed by atoms with van der Waals surface area (Å²) in [5.41, 5.74) is 1.22. The van der Waals surface area contributed by atoms with Crippen molar-refractivity contribution >= 4 is 34.1 Å². The van der Waals surface area contributed by atoms with Crippen molar-refractivity contribution in [1.82, 2.24) is 0 Å². The molecule has 0 atom stereocenters. The Labute approximate surface area is 97.1 Å². The van der Waals surface area contributed by atoms with Gasteiger partial charge in [0.25, 0.3) is 0 Å². The van der Waals surface area contributed by atoms with Crippen LogP contribution in [0.3, 0.4) is 0 Å². The number of benzene rings is 1. The van der Waals surface area contributed by atoms with Crippen molar-refractivity contribution in [3.8, 4) is 0 Å². The molecule has 0 saturated heterocycles. The Morgan fingerprint density at radius 2 is 2.29 bits per heavy atom. The molecule has 0 saturated carbocycles. The van der Waals surface area contributed by atoms with Crippen molar-refractivity contribution in [2.24, 2.45) is 0 Å². The first kappa shape index (κ1) is 11.2. The van der Waals surface area contributed by atoms with Gasteiger partial charge in [-0.05, 0) is 47.2 Å². The smallest absolute Gasteiger partial charge is 0.338 e. The van der Waals surface area contributed by atoms with Crippen molar-refractivity contribution in [2.75, 3.05) is 6.61 Å². The minimum Gasteiger partial charge on any atom is -0.462 e. The van der Waals surface area contributed by atoms with Crippen LogP contribution in [0.1, 0.15) is 12.5 Å². The van der Waals surface area contributed by atoms with Gasteiger partial charge in [0, 0.05) is 3.57 Å². The molecular weight excluding hydrogens is 291 g/mol. The Hall–Kier alpha value is -0.840. The number of hydrogen-bond acceptors (Lipinski definition) is 2. The number of ether oxygens (including phenoxy) is 1. The van der Waals surface area contributed by atoms with Crippen LogP contribution >= 0.6 is 22.6 Å². The van der Waals surface area contributed by atoms with Gasteiger partial charge >= 0.3 is 5.97 Å². The van der Waals surface area contributed by atoms with Crippen molar-refractivity contribution in [3.05, 3.63) is 40.0 Å². The fraction of sp³-hybridized carbons (Fsp3) is 0.182. The molecule has 0 aromatic heterocycles. The molecule has 0 N–H and O–H groups in total. The van der Waals surface area contributed by atoms with E-state index in [1.54, 1.807) is 6.92 Å². The Balaban J connectivity index is 2.84. The standard InChI is InChI=1S/C11H11IO2/c1-3-14-11(13)8(2)9-5-4-6-10(12)7-9/h4-7H,2-3H2,1H3. The van der Waals surface area contributed by atoms with E-state index >= 15 is 0 Å². The largest absolute Gasteiger partial charge is 0.462 e. The van der Waals surface area contributed by atoms with Crippen molar-refractivity contribution < 1.29 is 9.53 Å². The highest BCUT2D eigenvalue weighted by molar-refractivity contribution is 14.1. The second-order valence-electron chi connectivity index (χ2n) is 2.71. The predicted octanol–water partition coefficient (Wildman–Crippen LogP) is 2.87. The second kappa shape index (κ2) is 5.14. The van der Waals surface area contributed by atoms with E-state index in [9.17, 15) is 4.79 Å². The average Bonchev–Trinajstić information content (AvgIpc) is 2.17. The molecule has 1 aromatic rings. The van der Waals surface area contributed by atoms with E-state index < -0.39 is 0 Å². The lowest BCUT2D eigenvalue weighted by Crippen LogP contribution is -2.05. The van der Waals surface area contributed by atoms with E-state index in [0.29, 0.717) is 12.2 Å². The zero-order chi connectivity index (χ0) is 10.6. The molecule has 14 heavy (non-hydrogen) atoms. The van der Waals surface area contributed by atoms with Crippen LogP contribution in [0.2, 0.25) is 0 Å². The summed E-state index contributed by atoms with van der Waals surface area (Å²) >= 11 is 2.19. The molecule has 74 valence electrons. The summed E-state index contributed by atoms with van der Waals surface area (Å²) < 4.78 is 5.93. The van der Waals surface area contributed by atoms with Crippen LogP contribution in [0.25, 0.3) is 5.57 Å². The first-order chi connectivity index (χ1) is 6.65. The normalized spacial score (nSPS) is 9.57. The summed E-state index contributed by atoms with van der Waals surface area (Å²) in [6.07, 6.45) is 0. The zero-order valence-corrected chi connectivity index (χ0v) is 10.1. The van der Waals surface area contributed by atoms with Crippen LogP contribution in [-0.4, -0.2) is 12.6 Å². The van der Waals surface area contributed by atoms with Gasteiger partial charge in [-0.1, -0.05) is 18.7 Å². The number of hydrogen-bond donors (Lipinski definition) is 0. The molecule has 0 bridgehead atoms. The third-order valence-electron chi connectivity index (χ3n) is 1.69. The molecule has 1 aromatic carbocycles. The van der Waals surface area contributed by atoms with Crippen LogP contribution in [0, 0.1) is 3.57 Å². The molecular formula is C11H11IO2. The molecule has 2 nitrogen and oxygen atoms in total. The Kier molecular flexibility index (Phi) is 4.13. The summed E-state index contributed by atoms with van der Waals surface area (Å²) in [5, 5.41) is 0. The van der Waals surface area contributed by atoms with Gasteiger partial charge in [-0.25, -0.2) is 4.79 Å². The highest BCUT2D eigenvalue weighted by Gasteiger charge is 2.09. The molecule has 0 spiro atoms. The van der Waals surface area contributed by atoms with Crippen molar-refractivity contribution in [2.45, 2.75) is 6.92 Å². The summed E-state index contributed by atoms with van der Waals surface area (Å²) in [6, 6.07) is 7.60. The fourth-order valence-corrected chi connectivity index (χ4v) is 1.56.